The number of hydrogen-bond donors (Lipinski definition) is 2. The first-order valence-corrected chi connectivity index (χ1v) is 8.39. The van der Waals surface area contributed by atoms with E-state index in [9.17, 15) is 5.11 Å². The fourth-order valence-electron chi connectivity index (χ4n) is 2.96. The Morgan fingerprint density at radius 2 is 2.08 bits per heavy atom. The number of aromatic nitrogens is 3. The molecule has 0 amide bonds. The van der Waals surface area contributed by atoms with Crippen molar-refractivity contribution in [3.05, 3.63) is 89.4 Å². The minimum Gasteiger partial charge on any atom is -0.493 e. The quantitative estimate of drug-likeness (QED) is 0.691. The number of aryl methyl sites for hydroxylation is 2. The summed E-state index contributed by atoms with van der Waals surface area (Å²) in [6.07, 6.45) is 7.32. The average Bonchev–Trinajstić information content (AvgIpc) is 2.93. The largest absolute Gasteiger partial charge is 0.493 e. The van der Waals surface area contributed by atoms with E-state index in [-0.39, 0.29) is 5.88 Å². The lowest BCUT2D eigenvalue weighted by Crippen LogP contribution is -1.98. The Kier molecular flexibility index (Phi) is 4.89. The van der Waals surface area contributed by atoms with Gasteiger partial charge in [-0.1, -0.05) is 43.0 Å². The molecule has 2 heterocycles. The van der Waals surface area contributed by atoms with Gasteiger partial charge in [0.2, 0.25) is 5.88 Å². The SMILES string of the molecule is C=C/C=C(\C=C/N)c1cc(O)n2nc(C)c(Cc3ccccc3C)c2n1. The summed E-state index contributed by atoms with van der Waals surface area (Å²) >= 11 is 0. The van der Waals surface area contributed by atoms with Crippen LogP contribution in [0.15, 0.2) is 61.3 Å². The van der Waals surface area contributed by atoms with Gasteiger partial charge in [0.05, 0.1) is 11.4 Å². The van der Waals surface area contributed by atoms with E-state index < -0.39 is 0 Å². The Balaban J connectivity index is 2.18. The first-order chi connectivity index (χ1) is 12.5. The number of benzene rings is 1. The van der Waals surface area contributed by atoms with Gasteiger partial charge in [-0.25, -0.2) is 4.98 Å². The predicted molar refractivity (Wildman–Crippen MR) is 105 cm³/mol. The van der Waals surface area contributed by atoms with Crippen LogP contribution in [0.4, 0.5) is 0 Å². The summed E-state index contributed by atoms with van der Waals surface area (Å²) in [5.74, 6) is 0.0320. The molecule has 0 aliphatic carbocycles. The molecular formula is C21H22N4O. The minimum absolute atomic E-state index is 0.0320. The summed E-state index contributed by atoms with van der Waals surface area (Å²) < 4.78 is 1.48. The highest BCUT2D eigenvalue weighted by atomic mass is 16.3. The molecule has 0 aliphatic heterocycles. The molecule has 3 N–H and O–H groups in total. The van der Waals surface area contributed by atoms with Crippen LogP contribution in [0, 0.1) is 13.8 Å². The Hall–Kier alpha value is -3.34. The second kappa shape index (κ2) is 7.27. The lowest BCUT2D eigenvalue weighted by atomic mass is 10.0. The van der Waals surface area contributed by atoms with Crippen LogP contribution in [-0.4, -0.2) is 19.7 Å². The normalized spacial score (nSPS) is 12.2. The number of allylic oxidation sites excluding steroid dienone is 4. The Labute approximate surface area is 152 Å². The number of nitrogens with zero attached hydrogens (tertiary/aromatic N) is 3. The highest BCUT2D eigenvalue weighted by Crippen LogP contribution is 2.26. The molecule has 2 aromatic heterocycles. The maximum atomic E-state index is 10.4. The van der Waals surface area contributed by atoms with Crippen LogP contribution < -0.4 is 5.73 Å². The van der Waals surface area contributed by atoms with Gasteiger partial charge >= 0.3 is 0 Å². The molecular weight excluding hydrogens is 324 g/mol. The maximum absolute atomic E-state index is 10.4. The van der Waals surface area contributed by atoms with Crippen molar-refractivity contribution >= 4 is 11.2 Å². The van der Waals surface area contributed by atoms with Gasteiger partial charge in [0.25, 0.3) is 0 Å². The van der Waals surface area contributed by atoms with E-state index in [2.05, 4.69) is 30.7 Å². The van der Waals surface area contributed by atoms with Crippen molar-refractivity contribution in [2.75, 3.05) is 0 Å². The molecule has 0 radical (unpaired) electrons. The third-order valence-electron chi connectivity index (χ3n) is 4.36. The van der Waals surface area contributed by atoms with Gasteiger partial charge in [0.15, 0.2) is 5.65 Å². The molecule has 5 nitrogen and oxygen atoms in total. The summed E-state index contributed by atoms with van der Waals surface area (Å²) in [5, 5.41) is 14.9. The standard InChI is InChI=1S/C21H22N4O/c1-4-7-16(10-11-22)19-13-20(26)25-21(23-19)18(15(3)24-25)12-17-9-6-5-8-14(17)2/h4-11,13,26H,1,12,22H2,2-3H3/b11-10-,16-7+. The van der Waals surface area contributed by atoms with E-state index in [4.69, 9.17) is 10.7 Å². The molecule has 0 unspecified atom stereocenters. The van der Waals surface area contributed by atoms with Gasteiger partial charge < -0.3 is 10.8 Å². The maximum Gasteiger partial charge on any atom is 0.216 e. The Bertz CT molecular complexity index is 1030. The summed E-state index contributed by atoms with van der Waals surface area (Å²) in [5.41, 5.74) is 11.8. The van der Waals surface area contributed by atoms with E-state index in [0.29, 0.717) is 17.8 Å². The van der Waals surface area contributed by atoms with E-state index in [1.807, 2.05) is 19.1 Å². The molecule has 26 heavy (non-hydrogen) atoms. The Morgan fingerprint density at radius 1 is 1.31 bits per heavy atom. The molecule has 1 aromatic carbocycles. The molecule has 0 saturated carbocycles. The number of fused-ring (bicyclic) bond motifs is 1. The Morgan fingerprint density at radius 3 is 2.77 bits per heavy atom. The van der Waals surface area contributed by atoms with Gasteiger partial charge in [0, 0.05) is 23.6 Å². The third-order valence-corrected chi connectivity index (χ3v) is 4.36. The number of rotatable bonds is 5. The van der Waals surface area contributed by atoms with Gasteiger partial charge in [-0.15, -0.1) is 0 Å². The topological polar surface area (TPSA) is 76.4 Å². The van der Waals surface area contributed by atoms with E-state index >= 15 is 0 Å². The smallest absolute Gasteiger partial charge is 0.216 e. The van der Waals surface area contributed by atoms with Crippen LogP contribution in [0.2, 0.25) is 0 Å². The molecule has 3 aromatic rings. The van der Waals surface area contributed by atoms with Crippen molar-refractivity contribution in [2.45, 2.75) is 20.3 Å². The summed E-state index contributed by atoms with van der Waals surface area (Å²) in [6.45, 7) is 7.74. The highest BCUT2D eigenvalue weighted by Gasteiger charge is 2.16. The van der Waals surface area contributed by atoms with E-state index in [1.54, 1.807) is 24.3 Å². The second-order valence-electron chi connectivity index (χ2n) is 6.12. The van der Waals surface area contributed by atoms with Crippen LogP contribution >= 0.6 is 0 Å². The summed E-state index contributed by atoms with van der Waals surface area (Å²) in [7, 11) is 0. The fraction of sp³-hybridized carbons (Fsp3) is 0.143. The van der Waals surface area contributed by atoms with Crippen LogP contribution in [0.3, 0.4) is 0 Å². The zero-order valence-electron chi connectivity index (χ0n) is 15.0. The van der Waals surface area contributed by atoms with Gasteiger partial charge in [-0.2, -0.15) is 9.61 Å². The predicted octanol–water partition coefficient (Wildman–Crippen LogP) is 3.68. The number of hydrogen-bond acceptors (Lipinski definition) is 4. The van der Waals surface area contributed by atoms with Crippen molar-refractivity contribution in [3.63, 3.8) is 0 Å². The first-order valence-electron chi connectivity index (χ1n) is 8.39. The van der Waals surface area contributed by atoms with Crippen molar-refractivity contribution in [1.29, 1.82) is 0 Å². The minimum atomic E-state index is 0.0320. The van der Waals surface area contributed by atoms with Gasteiger partial charge in [-0.3, -0.25) is 0 Å². The van der Waals surface area contributed by atoms with Crippen molar-refractivity contribution < 1.29 is 5.11 Å². The zero-order valence-corrected chi connectivity index (χ0v) is 15.0. The van der Waals surface area contributed by atoms with Crippen LogP contribution in [-0.2, 0) is 6.42 Å². The van der Waals surface area contributed by atoms with Crippen molar-refractivity contribution in [1.82, 2.24) is 14.6 Å². The fourth-order valence-corrected chi connectivity index (χ4v) is 2.96. The molecule has 3 rings (SSSR count). The lowest BCUT2D eigenvalue weighted by molar-refractivity contribution is 0.434. The molecule has 0 atom stereocenters. The monoisotopic (exact) mass is 346 g/mol. The average molecular weight is 346 g/mol. The first kappa shape index (κ1) is 17.5. The van der Waals surface area contributed by atoms with Crippen LogP contribution in [0.5, 0.6) is 5.88 Å². The number of aromatic hydroxyl groups is 1. The van der Waals surface area contributed by atoms with E-state index in [1.165, 1.54) is 21.8 Å². The lowest BCUT2D eigenvalue weighted by Gasteiger charge is -2.07. The van der Waals surface area contributed by atoms with Crippen LogP contribution in [0.1, 0.15) is 28.1 Å². The van der Waals surface area contributed by atoms with Gasteiger partial charge in [0.1, 0.15) is 0 Å². The molecule has 0 saturated heterocycles. The molecule has 0 spiro atoms. The van der Waals surface area contributed by atoms with E-state index in [0.717, 1.165) is 16.8 Å². The molecule has 0 aliphatic rings. The number of nitrogens with two attached hydrogens (primary N) is 1. The van der Waals surface area contributed by atoms with Crippen LogP contribution in [0.25, 0.3) is 11.2 Å². The van der Waals surface area contributed by atoms with Crippen molar-refractivity contribution in [2.24, 2.45) is 5.73 Å². The summed E-state index contributed by atoms with van der Waals surface area (Å²) in [4.78, 5) is 4.74. The third kappa shape index (κ3) is 3.24. The van der Waals surface area contributed by atoms with Gasteiger partial charge in [-0.05, 0) is 37.3 Å². The molecule has 5 heteroatoms. The molecule has 0 fully saturated rings. The zero-order chi connectivity index (χ0) is 18.7. The molecule has 0 bridgehead atoms. The highest BCUT2D eigenvalue weighted by molar-refractivity contribution is 5.74. The molecule has 132 valence electrons. The summed E-state index contributed by atoms with van der Waals surface area (Å²) in [6, 6.07) is 9.81. The second-order valence-corrected chi connectivity index (χ2v) is 6.12. The van der Waals surface area contributed by atoms with Crippen molar-refractivity contribution in [3.8, 4) is 5.88 Å².